The number of nitriles is 2. The lowest BCUT2D eigenvalue weighted by atomic mass is 10.3. The summed E-state index contributed by atoms with van der Waals surface area (Å²) in [5, 5.41) is 20.6. The topological polar surface area (TPSA) is 103 Å². The van der Waals surface area contributed by atoms with Crippen LogP contribution in [-0.4, -0.2) is 15.5 Å². The molecule has 6 nitrogen and oxygen atoms in total. The summed E-state index contributed by atoms with van der Waals surface area (Å²) in [6, 6.07) is 13.5. The van der Waals surface area contributed by atoms with Crippen LogP contribution in [0.5, 0.6) is 5.75 Å². The summed E-state index contributed by atoms with van der Waals surface area (Å²) in [4.78, 5) is 0.0851. The highest BCUT2D eigenvalue weighted by molar-refractivity contribution is 7.91. The number of hydrogen-bond donors (Lipinski definition) is 1. The third-order valence-corrected chi connectivity index (χ3v) is 5.18. The first-order chi connectivity index (χ1) is 11.9. The highest BCUT2D eigenvalue weighted by Gasteiger charge is 2.19. The van der Waals surface area contributed by atoms with Crippen molar-refractivity contribution in [3.8, 4) is 17.9 Å². The summed E-state index contributed by atoms with van der Waals surface area (Å²) in [5.41, 5.74) is 0.208. The lowest BCUT2D eigenvalue weighted by Crippen LogP contribution is -2.03. The van der Waals surface area contributed by atoms with Crippen molar-refractivity contribution in [3.63, 3.8) is 0 Å². The second-order valence-electron chi connectivity index (χ2n) is 4.78. The molecule has 0 radical (unpaired) electrons. The molecular formula is C17H12ClN3O3S. The molecule has 0 amide bonds. The maximum atomic E-state index is 12.8. The third-order valence-electron chi connectivity index (χ3n) is 3.17. The number of nitrogens with zero attached hydrogens (tertiary/aromatic N) is 2. The molecule has 0 spiro atoms. The molecule has 0 aromatic heterocycles. The smallest absolute Gasteiger partial charge is 0.206 e. The molecule has 0 unspecified atom stereocenters. The van der Waals surface area contributed by atoms with Gasteiger partial charge in [0.1, 0.15) is 23.5 Å². The maximum Gasteiger partial charge on any atom is 0.206 e. The number of nitrogens with one attached hydrogen (secondary N) is 1. The van der Waals surface area contributed by atoms with E-state index in [-0.39, 0.29) is 15.4 Å². The molecule has 0 atom stereocenters. The molecule has 8 heteroatoms. The largest absolute Gasteiger partial charge is 0.497 e. The number of rotatable bonds is 5. The Balaban J connectivity index is 2.49. The van der Waals surface area contributed by atoms with Gasteiger partial charge in [0.2, 0.25) is 9.84 Å². The predicted molar refractivity (Wildman–Crippen MR) is 92.8 cm³/mol. The fourth-order valence-corrected chi connectivity index (χ4v) is 3.37. The van der Waals surface area contributed by atoms with Gasteiger partial charge < -0.3 is 10.1 Å². The SMILES string of the molecule is COc1cc(NC=C(C#N)C#N)cc(S(=O)(=O)c2ccc(Cl)cc2)c1. The van der Waals surface area contributed by atoms with Crippen LogP contribution in [0.2, 0.25) is 5.02 Å². The molecule has 0 heterocycles. The van der Waals surface area contributed by atoms with Crippen molar-refractivity contribution in [2.75, 3.05) is 12.4 Å². The van der Waals surface area contributed by atoms with Crippen LogP contribution < -0.4 is 10.1 Å². The number of benzene rings is 2. The normalized spacial score (nSPS) is 10.2. The number of sulfone groups is 1. The second kappa shape index (κ2) is 7.71. The number of allylic oxidation sites excluding steroid dienone is 1. The van der Waals surface area contributed by atoms with Gasteiger partial charge in [-0.15, -0.1) is 0 Å². The molecule has 0 aliphatic carbocycles. The van der Waals surface area contributed by atoms with Gasteiger partial charge in [-0.05, 0) is 36.4 Å². The van der Waals surface area contributed by atoms with E-state index in [4.69, 9.17) is 26.9 Å². The van der Waals surface area contributed by atoms with E-state index >= 15 is 0 Å². The van der Waals surface area contributed by atoms with Crippen LogP contribution in [0.1, 0.15) is 0 Å². The van der Waals surface area contributed by atoms with Gasteiger partial charge in [-0.3, -0.25) is 0 Å². The van der Waals surface area contributed by atoms with Crippen molar-refractivity contribution in [2.24, 2.45) is 0 Å². The minimum Gasteiger partial charge on any atom is -0.497 e. The third kappa shape index (κ3) is 4.30. The molecule has 2 aromatic carbocycles. The fourth-order valence-electron chi connectivity index (χ4n) is 1.92. The van der Waals surface area contributed by atoms with Gasteiger partial charge >= 0.3 is 0 Å². The van der Waals surface area contributed by atoms with Crippen molar-refractivity contribution in [2.45, 2.75) is 9.79 Å². The number of ether oxygens (including phenoxy) is 1. The summed E-state index contributed by atoms with van der Waals surface area (Å²) >= 11 is 5.80. The Hall–Kier alpha value is -3.00. The van der Waals surface area contributed by atoms with Crippen LogP contribution in [0.15, 0.2) is 64.0 Å². The first-order valence-corrected chi connectivity index (χ1v) is 8.73. The number of methoxy groups -OCH3 is 1. The Kier molecular flexibility index (Phi) is 5.66. The molecule has 0 aliphatic heterocycles. The van der Waals surface area contributed by atoms with E-state index in [9.17, 15) is 8.42 Å². The van der Waals surface area contributed by atoms with E-state index in [0.717, 1.165) is 0 Å². The van der Waals surface area contributed by atoms with E-state index in [1.807, 2.05) is 0 Å². The van der Waals surface area contributed by atoms with Gasteiger partial charge in [0.25, 0.3) is 0 Å². The van der Waals surface area contributed by atoms with Gasteiger partial charge in [-0.2, -0.15) is 10.5 Å². The Bertz CT molecular complexity index is 985. The Labute approximate surface area is 150 Å². The molecule has 2 rings (SSSR count). The van der Waals surface area contributed by atoms with Crippen LogP contribution in [0.4, 0.5) is 5.69 Å². The molecular weight excluding hydrogens is 362 g/mol. The van der Waals surface area contributed by atoms with Gasteiger partial charge in [-0.25, -0.2) is 8.42 Å². The Morgan fingerprint density at radius 1 is 1.12 bits per heavy atom. The monoisotopic (exact) mass is 373 g/mol. The molecule has 0 saturated carbocycles. The Morgan fingerprint density at radius 3 is 2.32 bits per heavy atom. The molecule has 0 saturated heterocycles. The van der Waals surface area contributed by atoms with Gasteiger partial charge in [0.05, 0.1) is 16.9 Å². The average molecular weight is 374 g/mol. The summed E-state index contributed by atoms with van der Waals surface area (Å²) < 4.78 is 30.7. The Morgan fingerprint density at radius 2 is 1.76 bits per heavy atom. The van der Waals surface area contributed by atoms with Crippen LogP contribution in [-0.2, 0) is 9.84 Å². The summed E-state index contributed by atoms with van der Waals surface area (Å²) in [6.07, 6.45) is 1.19. The average Bonchev–Trinajstić information content (AvgIpc) is 2.62. The van der Waals surface area contributed by atoms with Gasteiger partial charge in [0.15, 0.2) is 0 Å². The van der Waals surface area contributed by atoms with Crippen LogP contribution in [0.3, 0.4) is 0 Å². The van der Waals surface area contributed by atoms with E-state index in [2.05, 4.69) is 5.32 Å². The molecule has 0 aliphatic rings. The van der Waals surface area contributed by atoms with Crippen LogP contribution in [0, 0.1) is 22.7 Å². The zero-order chi connectivity index (χ0) is 18.4. The van der Waals surface area contributed by atoms with E-state index in [1.165, 1.54) is 49.7 Å². The quantitative estimate of drug-likeness (QED) is 0.804. The molecule has 25 heavy (non-hydrogen) atoms. The predicted octanol–water partition coefficient (Wildman–Crippen LogP) is 3.52. The lowest BCUT2D eigenvalue weighted by Gasteiger charge is -2.10. The van der Waals surface area contributed by atoms with Crippen LogP contribution >= 0.6 is 11.6 Å². The standard InChI is InChI=1S/C17H12ClN3O3S/c1-24-15-6-14(21-11-12(9-19)10-20)7-17(8-15)25(22,23)16-4-2-13(18)3-5-16/h2-8,11,21H,1H3. The van der Waals surface area contributed by atoms with E-state index in [0.29, 0.717) is 16.5 Å². The maximum absolute atomic E-state index is 12.8. The summed E-state index contributed by atoms with van der Waals surface area (Å²) in [5.74, 6) is 0.307. The van der Waals surface area contributed by atoms with Crippen molar-refractivity contribution in [1.82, 2.24) is 0 Å². The minimum atomic E-state index is -3.79. The van der Waals surface area contributed by atoms with E-state index in [1.54, 1.807) is 18.2 Å². The summed E-state index contributed by atoms with van der Waals surface area (Å²) in [7, 11) is -2.38. The first kappa shape index (κ1) is 18.3. The number of anilines is 1. The molecule has 126 valence electrons. The molecule has 1 N–H and O–H groups in total. The highest BCUT2D eigenvalue weighted by Crippen LogP contribution is 2.29. The van der Waals surface area contributed by atoms with Gasteiger partial charge in [0, 0.05) is 23.0 Å². The minimum absolute atomic E-state index is 0.000498. The summed E-state index contributed by atoms with van der Waals surface area (Å²) in [6.45, 7) is 0. The first-order valence-electron chi connectivity index (χ1n) is 6.87. The second-order valence-corrected chi connectivity index (χ2v) is 7.17. The van der Waals surface area contributed by atoms with Crippen LogP contribution in [0.25, 0.3) is 0 Å². The van der Waals surface area contributed by atoms with Crippen molar-refractivity contribution < 1.29 is 13.2 Å². The van der Waals surface area contributed by atoms with E-state index < -0.39 is 9.84 Å². The zero-order valence-corrected chi connectivity index (χ0v) is 14.6. The zero-order valence-electron chi connectivity index (χ0n) is 13.0. The highest BCUT2D eigenvalue weighted by atomic mass is 35.5. The number of hydrogen-bond acceptors (Lipinski definition) is 6. The molecule has 0 bridgehead atoms. The fraction of sp³-hybridized carbons (Fsp3) is 0.0588. The molecule has 2 aromatic rings. The van der Waals surface area contributed by atoms with Crippen molar-refractivity contribution >= 4 is 27.1 Å². The van der Waals surface area contributed by atoms with Crippen molar-refractivity contribution in [1.29, 1.82) is 10.5 Å². The molecule has 0 fully saturated rings. The number of halogens is 1. The van der Waals surface area contributed by atoms with Crippen molar-refractivity contribution in [3.05, 3.63) is 59.3 Å². The lowest BCUT2D eigenvalue weighted by molar-refractivity contribution is 0.413. The van der Waals surface area contributed by atoms with Gasteiger partial charge in [-0.1, -0.05) is 11.6 Å².